The van der Waals surface area contributed by atoms with Gasteiger partial charge in [-0.1, -0.05) is 59.8 Å². The molecule has 0 atom stereocenters. The van der Waals surface area contributed by atoms with Crippen LogP contribution < -0.4 is 9.47 Å². The van der Waals surface area contributed by atoms with Gasteiger partial charge in [-0.2, -0.15) is 4.98 Å². The quantitative estimate of drug-likeness (QED) is 0.390. The number of carbonyl (C=O) groups is 1. The van der Waals surface area contributed by atoms with Gasteiger partial charge in [-0.3, -0.25) is 0 Å². The summed E-state index contributed by atoms with van der Waals surface area (Å²) in [6.45, 7) is -0.366. The summed E-state index contributed by atoms with van der Waals surface area (Å²) in [4.78, 5) is 16.2. The molecule has 0 N–H and O–H groups in total. The van der Waals surface area contributed by atoms with E-state index in [9.17, 15) is 4.79 Å². The van der Waals surface area contributed by atoms with Crippen LogP contribution in [0, 0.1) is 0 Å². The molecule has 4 rings (SSSR count). The van der Waals surface area contributed by atoms with E-state index >= 15 is 0 Å². The molecule has 4 aromatic rings. The Bertz CT molecular complexity index is 1140. The van der Waals surface area contributed by atoms with Crippen molar-refractivity contribution in [1.82, 2.24) is 10.1 Å². The molecule has 0 aliphatic carbocycles. The first kappa shape index (κ1) is 20.2. The molecule has 0 fully saturated rings. The third-order valence-electron chi connectivity index (χ3n) is 4.49. The number of hydrogen-bond acceptors (Lipinski definition) is 7. The van der Waals surface area contributed by atoms with Crippen molar-refractivity contribution in [2.75, 3.05) is 13.7 Å². The average molecular weight is 416 g/mol. The third kappa shape index (κ3) is 5.08. The Kier molecular flexibility index (Phi) is 6.23. The molecule has 0 bridgehead atoms. The summed E-state index contributed by atoms with van der Waals surface area (Å²) < 4.78 is 21.1. The van der Waals surface area contributed by atoms with Crippen molar-refractivity contribution in [2.45, 2.75) is 6.61 Å². The number of aromatic nitrogens is 2. The summed E-state index contributed by atoms with van der Waals surface area (Å²) in [7, 11) is 1.57. The van der Waals surface area contributed by atoms with Crippen LogP contribution in [-0.4, -0.2) is 29.8 Å². The topological polar surface area (TPSA) is 83.7 Å². The normalized spacial score (nSPS) is 10.5. The van der Waals surface area contributed by atoms with Crippen LogP contribution in [-0.2, 0) is 16.1 Å². The van der Waals surface area contributed by atoms with Gasteiger partial charge in [0.15, 0.2) is 13.2 Å². The number of carbonyl (C=O) groups excluding carboxylic acids is 1. The van der Waals surface area contributed by atoms with E-state index in [-0.39, 0.29) is 19.1 Å². The molecule has 0 aliphatic heterocycles. The lowest BCUT2D eigenvalue weighted by molar-refractivity contribution is -0.148. The first-order chi connectivity index (χ1) is 15.2. The maximum absolute atomic E-state index is 12.0. The molecular formula is C24H20N2O5. The van der Waals surface area contributed by atoms with Crippen molar-refractivity contribution in [2.24, 2.45) is 0 Å². The lowest BCUT2D eigenvalue weighted by Gasteiger charge is -2.07. The molecule has 156 valence electrons. The van der Waals surface area contributed by atoms with E-state index in [4.69, 9.17) is 18.7 Å². The van der Waals surface area contributed by atoms with Gasteiger partial charge in [0.1, 0.15) is 11.5 Å². The fraction of sp³-hybridized carbons (Fsp3) is 0.125. The minimum atomic E-state index is -0.538. The highest BCUT2D eigenvalue weighted by Gasteiger charge is 2.14. The maximum atomic E-state index is 12.0. The molecule has 0 radical (unpaired) electrons. The third-order valence-corrected chi connectivity index (χ3v) is 4.49. The second-order valence-corrected chi connectivity index (χ2v) is 6.55. The molecule has 1 aromatic heterocycles. The molecule has 0 unspecified atom stereocenters. The van der Waals surface area contributed by atoms with E-state index in [0.29, 0.717) is 22.9 Å². The Hall–Kier alpha value is -4.13. The van der Waals surface area contributed by atoms with Crippen LogP contribution in [0.2, 0.25) is 0 Å². The maximum Gasteiger partial charge on any atom is 0.344 e. The van der Waals surface area contributed by atoms with E-state index in [2.05, 4.69) is 10.1 Å². The minimum Gasteiger partial charge on any atom is -0.496 e. The molecule has 3 aromatic carbocycles. The number of hydrogen-bond donors (Lipinski definition) is 0. The lowest BCUT2D eigenvalue weighted by Crippen LogP contribution is -2.14. The molecule has 0 saturated carbocycles. The van der Waals surface area contributed by atoms with Gasteiger partial charge in [-0.05, 0) is 35.4 Å². The fourth-order valence-corrected chi connectivity index (χ4v) is 2.95. The highest BCUT2D eigenvalue weighted by molar-refractivity contribution is 5.71. The number of methoxy groups -OCH3 is 1. The molecule has 0 amide bonds. The highest BCUT2D eigenvalue weighted by atomic mass is 16.6. The Morgan fingerprint density at radius 3 is 2.39 bits per heavy atom. The van der Waals surface area contributed by atoms with Gasteiger partial charge in [0.05, 0.1) is 12.7 Å². The summed E-state index contributed by atoms with van der Waals surface area (Å²) >= 11 is 0. The predicted octanol–water partition coefficient (Wildman–Crippen LogP) is 4.53. The molecule has 0 aliphatic rings. The van der Waals surface area contributed by atoms with Gasteiger partial charge < -0.3 is 18.7 Å². The van der Waals surface area contributed by atoms with Gasteiger partial charge >= 0.3 is 5.97 Å². The molecule has 0 spiro atoms. The van der Waals surface area contributed by atoms with Crippen molar-refractivity contribution in [3.63, 3.8) is 0 Å². The smallest absolute Gasteiger partial charge is 0.344 e. The van der Waals surface area contributed by atoms with Crippen LogP contribution in [0.3, 0.4) is 0 Å². The molecule has 0 saturated heterocycles. The van der Waals surface area contributed by atoms with Crippen molar-refractivity contribution in [3.05, 3.63) is 84.8 Å². The molecular weight excluding hydrogens is 396 g/mol. The zero-order chi connectivity index (χ0) is 21.5. The summed E-state index contributed by atoms with van der Waals surface area (Å²) in [5.74, 6) is 1.20. The van der Waals surface area contributed by atoms with Crippen LogP contribution >= 0.6 is 0 Å². The fourth-order valence-electron chi connectivity index (χ4n) is 2.95. The standard InChI is InChI=1S/C24H20N2O5/c1-28-21-10-6-5-9-20(21)24-25-22(31-26-24)15-30-23(27)16-29-19-13-11-18(12-14-19)17-7-3-2-4-8-17/h2-14H,15-16H2,1H3. The van der Waals surface area contributed by atoms with Gasteiger partial charge in [-0.15, -0.1) is 0 Å². The van der Waals surface area contributed by atoms with E-state index < -0.39 is 5.97 Å². The van der Waals surface area contributed by atoms with Crippen molar-refractivity contribution in [1.29, 1.82) is 0 Å². The number of rotatable bonds is 8. The second kappa shape index (κ2) is 9.58. The first-order valence-corrected chi connectivity index (χ1v) is 9.63. The van der Waals surface area contributed by atoms with Crippen molar-refractivity contribution >= 4 is 5.97 Å². The molecule has 7 heteroatoms. The highest BCUT2D eigenvalue weighted by Crippen LogP contribution is 2.27. The van der Waals surface area contributed by atoms with Crippen molar-refractivity contribution in [3.8, 4) is 34.0 Å². The van der Waals surface area contributed by atoms with Crippen LogP contribution in [0.25, 0.3) is 22.5 Å². The van der Waals surface area contributed by atoms with Crippen LogP contribution in [0.5, 0.6) is 11.5 Å². The molecule has 31 heavy (non-hydrogen) atoms. The molecule has 1 heterocycles. The first-order valence-electron chi connectivity index (χ1n) is 9.63. The van der Waals surface area contributed by atoms with E-state index in [0.717, 1.165) is 11.1 Å². The number of nitrogens with zero attached hydrogens (tertiary/aromatic N) is 2. The minimum absolute atomic E-state index is 0.142. The van der Waals surface area contributed by atoms with Gasteiger partial charge in [0.2, 0.25) is 5.82 Å². The Morgan fingerprint density at radius 1 is 0.903 bits per heavy atom. The van der Waals surface area contributed by atoms with Gasteiger partial charge in [-0.25, -0.2) is 4.79 Å². The largest absolute Gasteiger partial charge is 0.496 e. The zero-order valence-corrected chi connectivity index (χ0v) is 16.9. The SMILES string of the molecule is COc1ccccc1-c1noc(COC(=O)COc2ccc(-c3ccccc3)cc2)n1. The van der Waals surface area contributed by atoms with Crippen LogP contribution in [0.15, 0.2) is 83.4 Å². The average Bonchev–Trinajstić information content (AvgIpc) is 3.31. The summed E-state index contributed by atoms with van der Waals surface area (Å²) in [5.41, 5.74) is 2.87. The zero-order valence-electron chi connectivity index (χ0n) is 16.9. The van der Waals surface area contributed by atoms with Gasteiger partial charge in [0, 0.05) is 0 Å². The summed E-state index contributed by atoms with van der Waals surface area (Å²) in [6.07, 6.45) is 0. The summed E-state index contributed by atoms with van der Waals surface area (Å²) in [6, 6.07) is 24.8. The van der Waals surface area contributed by atoms with Crippen molar-refractivity contribution < 1.29 is 23.5 Å². The Morgan fingerprint density at radius 2 is 1.61 bits per heavy atom. The Labute approximate surface area is 179 Å². The summed E-state index contributed by atoms with van der Waals surface area (Å²) in [5, 5.41) is 3.91. The van der Waals surface area contributed by atoms with E-state index in [1.165, 1.54) is 0 Å². The van der Waals surface area contributed by atoms with Crippen LogP contribution in [0.1, 0.15) is 5.89 Å². The number of esters is 1. The number of para-hydroxylation sites is 1. The Balaban J connectivity index is 1.28. The number of ether oxygens (including phenoxy) is 3. The second-order valence-electron chi connectivity index (χ2n) is 6.55. The molecule has 7 nitrogen and oxygen atoms in total. The predicted molar refractivity (Wildman–Crippen MR) is 113 cm³/mol. The van der Waals surface area contributed by atoms with E-state index in [1.807, 2.05) is 72.8 Å². The monoisotopic (exact) mass is 416 g/mol. The lowest BCUT2D eigenvalue weighted by atomic mass is 10.1. The van der Waals surface area contributed by atoms with E-state index in [1.54, 1.807) is 13.2 Å². The number of benzene rings is 3. The van der Waals surface area contributed by atoms with Crippen LogP contribution in [0.4, 0.5) is 0 Å². The van der Waals surface area contributed by atoms with Gasteiger partial charge in [0.25, 0.3) is 5.89 Å².